The first-order valence-electron chi connectivity index (χ1n) is 9.18. The van der Waals surface area contributed by atoms with Gasteiger partial charge in [0.05, 0.1) is 0 Å². The van der Waals surface area contributed by atoms with Gasteiger partial charge in [-0.3, -0.25) is 0 Å². The molecule has 0 N–H and O–H groups in total. The lowest BCUT2D eigenvalue weighted by Gasteiger charge is -2.24. The number of benzene rings is 1. The molecule has 1 unspecified atom stereocenters. The minimum absolute atomic E-state index is 0.841. The van der Waals surface area contributed by atoms with Gasteiger partial charge < -0.3 is 0 Å². The summed E-state index contributed by atoms with van der Waals surface area (Å²) in [6.07, 6.45) is 12.5. The summed E-state index contributed by atoms with van der Waals surface area (Å²) < 4.78 is 0. The third-order valence-corrected chi connectivity index (χ3v) is 5.03. The second kappa shape index (κ2) is 7.72. The first kappa shape index (κ1) is 16.2. The Balaban J connectivity index is 1.65. The summed E-state index contributed by atoms with van der Waals surface area (Å²) in [5.74, 6) is 1.72. The predicted octanol–water partition coefficient (Wildman–Crippen LogP) is 5.53. The molecule has 0 saturated carbocycles. The minimum atomic E-state index is 0.841. The van der Waals surface area contributed by atoms with Crippen molar-refractivity contribution in [1.82, 2.24) is 9.97 Å². The van der Waals surface area contributed by atoms with Crippen molar-refractivity contribution < 1.29 is 0 Å². The molecule has 1 aromatic carbocycles. The van der Waals surface area contributed by atoms with Crippen LogP contribution in [0.3, 0.4) is 0 Å². The molecule has 0 spiro atoms. The van der Waals surface area contributed by atoms with Gasteiger partial charge in [-0.25, -0.2) is 9.97 Å². The number of fused-ring (bicyclic) bond motifs is 1. The molecule has 2 nitrogen and oxygen atoms in total. The van der Waals surface area contributed by atoms with E-state index in [2.05, 4.69) is 49.3 Å². The lowest BCUT2D eigenvalue weighted by Crippen LogP contribution is -2.16. The summed E-state index contributed by atoms with van der Waals surface area (Å²) in [4.78, 5) is 9.47. The maximum absolute atomic E-state index is 4.85. The molecule has 1 aliphatic carbocycles. The minimum Gasteiger partial charge on any atom is -0.236 e. The van der Waals surface area contributed by atoms with Crippen LogP contribution >= 0.6 is 0 Å². The SMILES string of the molecule is CCCCCCC1CCc2nc(-c3ccc(C)cc3)ncc2C1. The number of aromatic nitrogens is 2. The second-order valence-electron chi connectivity index (χ2n) is 6.99. The van der Waals surface area contributed by atoms with Crippen molar-refractivity contribution >= 4 is 0 Å². The van der Waals surface area contributed by atoms with Gasteiger partial charge in [0.1, 0.15) is 0 Å². The molecule has 0 amide bonds. The third-order valence-electron chi connectivity index (χ3n) is 5.03. The fraction of sp³-hybridized carbons (Fsp3) is 0.524. The fourth-order valence-electron chi connectivity index (χ4n) is 3.53. The highest BCUT2D eigenvalue weighted by atomic mass is 14.9. The largest absolute Gasteiger partial charge is 0.236 e. The van der Waals surface area contributed by atoms with Crippen molar-refractivity contribution in [3.63, 3.8) is 0 Å². The summed E-state index contributed by atoms with van der Waals surface area (Å²) in [6.45, 7) is 4.39. The number of hydrogen-bond donors (Lipinski definition) is 0. The predicted molar refractivity (Wildman–Crippen MR) is 96.5 cm³/mol. The van der Waals surface area contributed by atoms with E-state index < -0.39 is 0 Å². The van der Waals surface area contributed by atoms with Gasteiger partial charge in [-0.15, -0.1) is 0 Å². The summed E-state index contributed by atoms with van der Waals surface area (Å²) in [6, 6.07) is 8.50. The molecule has 1 aliphatic rings. The van der Waals surface area contributed by atoms with Gasteiger partial charge in [-0.1, -0.05) is 68.9 Å². The van der Waals surface area contributed by atoms with E-state index in [1.54, 1.807) is 0 Å². The van der Waals surface area contributed by atoms with Crippen LogP contribution in [0, 0.1) is 12.8 Å². The molecule has 1 atom stereocenters. The topological polar surface area (TPSA) is 25.8 Å². The summed E-state index contributed by atoms with van der Waals surface area (Å²) >= 11 is 0. The highest BCUT2D eigenvalue weighted by molar-refractivity contribution is 5.55. The van der Waals surface area contributed by atoms with Crippen molar-refractivity contribution in [2.75, 3.05) is 0 Å². The molecule has 3 rings (SSSR count). The average molecular weight is 308 g/mol. The van der Waals surface area contributed by atoms with Gasteiger partial charge in [0.15, 0.2) is 5.82 Å². The average Bonchev–Trinajstić information content (AvgIpc) is 2.59. The van der Waals surface area contributed by atoms with Crippen LogP contribution in [-0.2, 0) is 12.8 Å². The number of nitrogens with zero attached hydrogens (tertiary/aromatic N) is 2. The Labute approximate surface area is 140 Å². The molecule has 23 heavy (non-hydrogen) atoms. The zero-order valence-corrected chi connectivity index (χ0v) is 14.5. The van der Waals surface area contributed by atoms with E-state index in [1.165, 1.54) is 61.8 Å². The Bertz CT molecular complexity index is 631. The Morgan fingerprint density at radius 1 is 1.09 bits per heavy atom. The molecule has 0 saturated heterocycles. The fourth-order valence-corrected chi connectivity index (χ4v) is 3.53. The number of unbranched alkanes of at least 4 members (excludes halogenated alkanes) is 3. The van der Waals surface area contributed by atoms with E-state index in [0.717, 1.165) is 23.7 Å². The zero-order chi connectivity index (χ0) is 16.1. The van der Waals surface area contributed by atoms with Crippen molar-refractivity contribution in [2.45, 2.75) is 65.2 Å². The van der Waals surface area contributed by atoms with Gasteiger partial charge in [-0.05, 0) is 37.7 Å². The van der Waals surface area contributed by atoms with Gasteiger partial charge in [-0.2, -0.15) is 0 Å². The Hall–Kier alpha value is -1.70. The van der Waals surface area contributed by atoms with Crippen molar-refractivity contribution in [3.8, 4) is 11.4 Å². The maximum Gasteiger partial charge on any atom is 0.159 e. The highest BCUT2D eigenvalue weighted by Crippen LogP contribution is 2.29. The molecule has 0 aliphatic heterocycles. The molecule has 0 bridgehead atoms. The molecule has 0 radical (unpaired) electrons. The van der Waals surface area contributed by atoms with Gasteiger partial charge in [0, 0.05) is 17.5 Å². The monoisotopic (exact) mass is 308 g/mol. The van der Waals surface area contributed by atoms with Gasteiger partial charge in [0.25, 0.3) is 0 Å². The quantitative estimate of drug-likeness (QED) is 0.656. The van der Waals surface area contributed by atoms with Crippen LogP contribution in [0.4, 0.5) is 0 Å². The molecule has 0 fully saturated rings. The lowest BCUT2D eigenvalue weighted by atomic mass is 9.84. The summed E-state index contributed by atoms with van der Waals surface area (Å²) in [5.41, 5.74) is 5.06. The number of hydrogen-bond acceptors (Lipinski definition) is 2. The van der Waals surface area contributed by atoms with Crippen LogP contribution in [0.15, 0.2) is 30.5 Å². The van der Waals surface area contributed by atoms with Crippen LogP contribution in [0.1, 0.15) is 62.3 Å². The van der Waals surface area contributed by atoms with E-state index in [4.69, 9.17) is 4.98 Å². The summed E-state index contributed by atoms with van der Waals surface area (Å²) in [5, 5.41) is 0. The standard InChI is InChI=1S/C21H28N2/c1-3-4-5-6-7-17-10-13-20-19(14-17)15-22-21(23-20)18-11-8-16(2)9-12-18/h8-9,11-12,15,17H,3-7,10,13-14H2,1-2H3. The van der Waals surface area contributed by atoms with Crippen LogP contribution < -0.4 is 0 Å². The lowest BCUT2D eigenvalue weighted by molar-refractivity contribution is 0.401. The maximum atomic E-state index is 4.85. The van der Waals surface area contributed by atoms with E-state index in [-0.39, 0.29) is 0 Å². The molecular weight excluding hydrogens is 280 g/mol. The first-order chi connectivity index (χ1) is 11.3. The first-order valence-corrected chi connectivity index (χ1v) is 9.18. The summed E-state index contributed by atoms with van der Waals surface area (Å²) in [7, 11) is 0. The van der Waals surface area contributed by atoms with E-state index in [1.807, 2.05) is 0 Å². The van der Waals surface area contributed by atoms with E-state index in [9.17, 15) is 0 Å². The van der Waals surface area contributed by atoms with Gasteiger partial charge >= 0.3 is 0 Å². The van der Waals surface area contributed by atoms with E-state index in [0.29, 0.717) is 0 Å². The molecule has 122 valence electrons. The number of aryl methyl sites for hydroxylation is 2. The molecule has 2 aromatic rings. The normalized spacial score (nSPS) is 17.0. The van der Waals surface area contributed by atoms with Crippen LogP contribution in [0.2, 0.25) is 0 Å². The Kier molecular flexibility index (Phi) is 5.43. The van der Waals surface area contributed by atoms with Crippen molar-refractivity contribution in [2.24, 2.45) is 5.92 Å². The molecule has 1 heterocycles. The molecule has 2 heteroatoms. The Morgan fingerprint density at radius 3 is 2.70 bits per heavy atom. The third kappa shape index (κ3) is 4.19. The number of rotatable bonds is 6. The van der Waals surface area contributed by atoms with Crippen LogP contribution in [0.5, 0.6) is 0 Å². The van der Waals surface area contributed by atoms with Gasteiger partial charge in [0.2, 0.25) is 0 Å². The van der Waals surface area contributed by atoms with Crippen molar-refractivity contribution in [1.29, 1.82) is 0 Å². The van der Waals surface area contributed by atoms with Crippen molar-refractivity contribution in [3.05, 3.63) is 47.3 Å². The molecular formula is C21H28N2. The van der Waals surface area contributed by atoms with Crippen LogP contribution in [0.25, 0.3) is 11.4 Å². The molecule has 1 aromatic heterocycles. The second-order valence-corrected chi connectivity index (χ2v) is 6.99. The van der Waals surface area contributed by atoms with E-state index >= 15 is 0 Å². The Morgan fingerprint density at radius 2 is 1.91 bits per heavy atom. The smallest absolute Gasteiger partial charge is 0.159 e. The van der Waals surface area contributed by atoms with Crippen LogP contribution in [-0.4, -0.2) is 9.97 Å². The zero-order valence-electron chi connectivity index (χ0n) is 14.5. The highest BCUT2D eigenvalue weighted by Gasteiger charge is 2.20.